The van der Waals surface area contributed by atoms with Crippen LogP contribution in [0.3, 0.4) is 0 Å². The molecule has 0 aliphatic heterocycles. The molecule has 0 bridgehead atoms. The number of nitrogens with two attached hydrogens (primary N) is 1. The number of carbonyl (C=O) groups excluding carboxylic acids is 1. The second-order valence-electron chi connectivity index (χ2n) is 4.39. The van der Waals surface area contributed by atoms with Crippen molar-refractivity contribution < 1.29 is 4.79 Å². The van der Waals surface area contributed by atoms with Gasteiger partial charge in [-0.25, -0.2) is 0 Å². The fraction of sp³-hybridized carbons (Fsp3) is 0.900. The number of hydrogen-bond donors (Lipinski definition) is 2. The molecule has 2 rings (SSSR count). The van der Waals surface area contributed by atoms with Crippen molar-refractivity contribution >= 4 is 5.91 Å². The van der Waals surface area contributed by atoms with Crippen molar-refractivity contribution in [3.8, 4) is 0 Å². The Balaban J connectivity index is 1.72. The van der Waals surface area contributed by atoms with Gasteiger partial charge in [-0.15, -0.1) is 0 Å². The zero-order valence-electron chi connectivity index (χ0n) is 7.96. The highest BCUT2D eigenvalue weighted by atomic mass is 16.2. The summed E-state index contributed by atoms with van der Waals surface area (Å²) in [5.41, 5.74) is 5.79. The van der Waals surface area contributed by atoms with Crippen LogP contribution < -0.4 is 11.1 Å². The van der Waals surface area contributed by atoms with Crippen molar-refractivity contribution in [3.63, 3.8) is 0 Å². The summed E-state index contributed by atoms with van der Waals surface area (Å²) in [5, 5.41) is 3.11. The number of rotatable bonds is 2. The van der Waals surface area contributed by atoms with Gasteiger partial charge in [-0.1, -0.05) is 0 Å². The largest absolute Gasteiger partial charge is 0.353 e. The molecule has 2 saturated carbocycles. The van der Waals surface area contributed by atoms with Gasteiger partial charge in [-0.2, -0.15) is 0 Å². The number of hydrogen-bond acceptors (Lipinski definition) is 2. The van der Waals surface area contributed by atoms with Crippen LogP contribution in [0.5, 0.6) is 0 Å². The maximum absolute atomic E-state index is 11.4. The van der Waals surface area contributed by atoms with E-state index in [9.17, 15) is 4.79 Å². The van der Waals surface area contributed by atoms with E-state index in [2.05, 4.69) is 5.32 Å². The van der Waals surface area contributed by atoms with Crippen LogP contribution in [0, 0.1) is 5.92 Å². The first-order chi connectivity index (χ1) is 6.25. The van der Waals surface area contributed by atoms with Gasteiger partial charge in [-0.3, -0.25) is 4.79 Å². The Bertz CT molecular complexity index is 193. The number of carbonyl (C=O) groups is 1. The normalized spacial score (nSPS) is 34.2. The lowest BCUT2D eigenvalue weighted by Crippen LogP contribution is -2.41. The Morgan fingerprint density at radius 2 is 1.69 bits per heavy atom. The predicted molar refractivity (Wildman–Crippen MR) is 51.1 cm³/mol. The van der Waals surface area contributed by atoms with Crippen LogP contribution in [0.4, 0.5) is 0 Å². The van der Waals surface area contributed by atoms with Crippen LogP contribution in [-0.4, -0.2) is 18.0 Å². The van der Waals surface area contributed by atoms with E-state index in [0.29, 0.717) is 18.0 Å². The van der Waals surface area contributed by atoms with Crippen molar-refractivity contribution in [1.29, 1.82) is 0 Å². The standard InChI is InChI=1S/C10H18N2O/c11-8-3-5-9(6-4-8)12-10(13)7-1-2-7/h7-9H,1-6,11H2,(H,12,13)/t8-,9-. The van der Waals surface area contributed by atoms with Gasteiger partial charge < -0.3 is 11.1 Å². The van der Waals surface area contributed by atoms with Crippen LogP contribution >= 0.6 is 0 Å². The van der Waals surface area contributed by atoms with E-state index >= 15 is 0 Å². The molecule has 1 amide bonds. The quantitative estimate of drug-likeness (QED) is 0.663. The van der Waals surface area contributed by atoms with E-state index in [0.717, 1.165) is 38.5 Å². The molecule has 3 heteroatoms. The minimum Gasteiger partial charge on any atom is -0.353 e. The lowest BCUT2D eigenvalue weighted by molar-refractivity contribution is -0.123. The van der Waals surface area contributed by atoms with Crippen molar-refractivity contribution in [2.45, 2.75) is 50.6 Å². The minimum absolute atomic E-state index is 0.278. The molecule has 0 aromatic rings. The molecule has 0 atom stereocenters. The summed E-state index contributed by atoms with van der Waals surface area (Å²) in [6.45, 7) is 0. The van der Waals surface area contributed by atoms with E-state index in [1.165, 1.54) is 0 Å². The van der Waals surface area contributed by atoms with Gasteiger partial charge in [-0.05, 0) is 38.5 Å². The second-order valence-corrected chi connectivity index (χ2v) is 4.39. The molecule has 0 radical (unpaired) electrons. The van der Waals surface area contributed by atoms with Crippen molar-refractivity contribution in [2.24, 2.45) is 11.7 Å². The minimum atomic E-state index is 0.278. The maximum Gasteiger partial charge on any atom is 0.223 e. The molecule has 3 nitrogen and oxygen atoms in total. The van der Waals surface area contributed by atoms with Crippen LogP contribution in [0.2, 0.25) is 0 Å². The molecule has 2 fully saturated rings. The fourth-order valence-corrected chi connectivity index (χ4v) is 1.93. The van der Waals surface area contributed by atoms with Crippen molar-refractivity contribution in [3.05, 3.63) is 0 Å². The van der Waals surface area contributed by atoms with Gasteiger partial charge in [0, 0.05) is 18.0 Å². The zero-order valence-corrected chi connectivity index (χ0v) is 7.96. The van der Waals surface area contributed by atoms with E-state index in [1.807, 2.05) is 0 Å². The molecule has 0 aromatic heterocycles. The third kappa shape index (κ3) is 2.44. The molecule has 0 heterocycles. The maximum atomic E-state index is 11.4. The van der Waals surface area contributed by atoms with E-state index < -0.39 is 0 Å². The third-order valence-corrected chi connectivity index (χ3v) is 3.07. The van der Waals surface area contributed by atoms with Gasteiger partial charge in [0.2, 0.25) is 5.91 Å². The van der Waals surface area contributed by atoms with Crippen LogP contribution in [0.1, 0.15) is 38.5 Å². The Morgan fingerprint density at radius 3 is 2.23 bits per heavy atom. The molecule has 3 N–H and O–H groups in total. The first kappa shape index (κ1) is 9.00. The Labute approximate surface area is 79.1 Å². The first-order valence-corrected chi connectivity index (χ1v) is 5.31. The average molecular weight is 182 g/mol. The Morgan fingerprint density at radius 1 is 1.08 bits per heavy atom. The van der Waals surface area contributed by atoms with Gasteiger partial charge in [0.15, 0.2) is 0 Å². The lowest BCUT2D eigenvalue weighted by atomic mass is 9.92. The van der Waals surface area contributed by atoms with Gasteiger partial charge in [0.1, 0.15) is 0 Å². The summed E-state index contributed by atoms with van der Waals surface area (Å²) < 4.78 is 0. The van der Waals surface area contributed by atoms with Crippen molar-refractivity contribution in [1.82, 2.24) is 5.32 Å². The Hall–Kier alpha value is -0.570. The Kier molecular flexibility index (Phi) is 2.54. The molecule has 0 saturated heterocycles. The summed E-state index contributed by atoms with van der Waals surface area (Å²) in [6.07, 6.45) is 6.46. The van der Waals surface area contributed by atoms with Gasteiger partial charge in [0.25, 0.3) is 0 Å². The monoisotopic (exact) mass is 182 g/mol. The van der Waals surface area contributed by atoms with E-state index in [1.54, 1.807) is 0 Å². The topological polar surface area (TPSA) is 55.1 Å². The van der Waals surface area contributed by atoms with Gasteiger partial charge in [0.05, 0.1) is 0 Å². The van der Waals surface area contributed by atoms with E-state index in [4.69, 9.17) is 5.73 Å². The highest BCUT2D eigenvalue weighted by Gasteiger charge is 2.31. The predicted octanol–water partition coefficient (Wildman–Crippen LogP) is 0.782. The van der Waals surface area contributed by atoms with Crippen molar-refractivity contribution in [2.75, 3.05) is 0 Å². The SMILES string of the molecule is N[C@H]1CC[C@H](NC(=O)C2CC2)CC1. The van der Waals surface area contributed by atoms with Crippen LogP contribution in [0.25, 0.3) is 0 Å². The highest BCUT2D eigenvalue weighted by Crippen LogP contribution is 2.29. The summed E-state index contributed by atoms with van der Waals surface area (Å²) in [6, 6.07) is 0.780. The fourth-order valence-electron chi connectivity index (χ4n) is 1.93. The highest BCUT2D eigenvalue weighted by molar-refractivity contribution is 5.81. The van der Waals surface area contributed by atoms with Crippen LogP contribution in [-0.2, 0) is 4.79 Å². The number of amides is 1. The molecule has 13 heavy (non-hydrogen) atoms. The van der Waals surface area contributed by atoms with Crippen LogP contribution in [0.15, 0.2) is 0 Å². The molecule has 0 spiro atoms. The summed E-state index contributed by atoms with van der Waals surface area (Å²) in [7, 11) is 0. The van der Waals surface area contributed by atoms with Gasteiger partial charge >= 0.3 is 0 Å². The zero-order chi connectivity index (χ0) is 9.26. The lowest BCUT2D eigenvalue weighted by Gasteiger charge is -2.26. The third-order valence-electron chi connectivity index (χ3n) is 3.07. The summed E-state index contributed by atoms with van der Waals surface area (Å²) >= 11 is 0. The molecule has 2 aliphatic carbocycles. The number of nitrogens with one attached hydrogen (secondary N) is 1. The molecular formula is C10H18N2O. The van der Waals surface area contributed by atoms with E-state index in [-0.39, 0.29) is 5.91 Å². The summed E-state index contributed by atoms with van der Waals surface area (Å²) in [4.78, 5) is 11.4. The molecule has 0 aromatic carbocycles. The molecule has 74 valence electrons. The molecule has 2 aliphatic rings. The smallest absolute Gasteiger partial charge is 0.223 e. The molecule has 0 unspecified atom stereocenters. The summed E-state index contributed by atoms with van der Waals surface area (Å²) in [5.74, 6) is 0.621. The second kappa shape index (κ2) is 3.66. The molecular weight excluding hydrogens is 164 g/mol. The average Bonchev–Trinajstić information content (AvgIpc) is 2.91. The first-order valence-electron chi connectivity index (χ1n) is 5.31.